The minimum atomic E-state index is -3.70. The highest BCUT2D eigenvalue weighted by Gasteiger charge is 2.18. The molecule has 0 unspecified atom stereocenters. The summed E-state index contributed by atoms with van der Waals surface area (Å²) in [5.74, 6) is -0.190. The zero-order valence-corrected chi connectivity index (χ0v) is 17.9. The van der Waals surface area contributed by atoms with Gasteiger partial charge in [0.15, 0.2) is 0 Å². The van der Waals surface area contributed by atoms with E-state index in [0.717, 1.165) is 5.56 Å². The molecule has 0 fully saturated rings. The maximum Gasteiger partial charge on any atom is 0.262 e. The molecule has 0 aliphatic rings. The Morgan fingerprint density at radius 3 is 2.14 bits per heavy atom. The number of rotatable bonds is 5. The van der Waals surface area contributed by atoms with Gasteiger partial charge in [0.2, 0.25) is 0 Å². The number of hydrogen-bond donors (Lipinski definition) is 1. The first-order valence-electron chi connectivity index (χ1n) is 8.91. The number of carbonyl (C=O) groups excluding carboxylic acids is 1. The van der Waals surface area contributed by atoms with Crippen LogP contribution >= 0.6 is 11.6 Å². The summed E-state index contributed by atoms with van der Waals surface area (Å²) in [7, 11) is -2.04. The molecule has 7 heteroatoms. The summed E-state index contributed by atoms with van der Waals surface area (Å²) in [6, 6.07) is 18.5. The van der Waals surface area contributed by atoms with E-state index in [9.17, 15) is 13.2 Å². The lowest BCUT2D eigenvalue weighted by Crippen LogP contribution is -2.26. The fraction of sp³-hybridized carbons (Fsp3) is 0.136. The molecule has 29 heavy (non-hydrogen) atoms. The molecule has 3 rings (SSSR count). The second-order valence-corrected chi connectivity index (χ2v) is 8.88. The van der Waals surface area contributed by atoms with E-state index >= 15 is 0 Å². The number of halogens is 1. The number of sulfonamides is 1. The Bertz CT molecular complexity index is 1140. The summed E-state index contributed by atoms with van der Waals surface area (Å²) in [4.78, 5) is 14.3. The standard InChI is InChI=1S/C22H21ClN2O3S/c1-15-4-13-21(16(2)14-15)29(27,28)24-19-9-11-20(12-10-19)25(3)22(26)17-5-7-18(23)8-6-17/h4-14,24H,1-3H3. The van der Waals surface area contributed by atoms with Crippen LogP contribution in [0.15, 0.2) is 71.6 Å². The van der Waals surface area contributed by atoms with E-state index in [1.165, 1.54) is 4.90 Å². The van der Waals surface area contributed by atoms with E-state index in [4.69, 9.17) is 11.6 Å². The second kappa shape index (κ2) is 8.27. The first kappa shape index (κ1) is 20.9. The number of amides is 1. The Labute approximate surface area is 176 Å². The smallest absolute Gasteiger partial charge is 0.262 e. The number of anilines is 2. The predicted molar refractivity (Wildman–Crippen MR) is 117 cm³/mol. The van der Waals surface area contributed by atoms with Crippen molar-refractivity contribution in [3.63, 3.8) is 0 Å². The molecule has 0 saturated heterocycles. The van der Waals surface area contributed by atoms with Gasteiger partial charge in [0.1, 0.15) is 0 Å². The number of carbonyl (C=O) groups is 1. The van der Waals surface area contributed by atoms with E-state index in [-0.39, 0.29) is 10.8 Å². The average molecular weight is 429 g/mol. The average Bonchev–Trinajstić information content (AvgIpc) is 2.67. The van der Waals surface area contributed by atoms with Crippen molar-refractivity contribution in [2.45, 2.75) is 18.7 Å². The number of hydrogen-bond acceptors (Lipinski definition) is 3. The van der Waals surface area contributed by atoms with E-state index in [2.05, 4.69) is 4.72 Å². The van der Waals surface area contributed by atoms with Crippen LogP contribution in [0.3, 0.4) is 0 Å². The van der Waals surface area contributed by atoms with Crippen LogP contribution in [0.2, 0.25) is 5.02 Å². The van der Waals surface area contributed by atoms with Crippen LogP contribution in [0, 0.1) is 13.8 Å². The molecule has 0 aliphatic carbocycles. The Balaban J connectivity index is 1.77. The van der Waals surface area contributed by atoms with Crippen molar-refractivity contribution < 1.29 is 13.2 Å². The Hall–Kier alpha value is -2.83. The zero-order valence-electron chi connectivity index (χ0n) is 16.3. The molecule has 1 amide bonds. The lowest BCUT2D eigenvalue weighted by atomic mass is 10.2. The van der Waals surface area contributed by atoms with Crippen LogP contribution in [0.5, 0.6) is 0 Å². The molecule has 3 aromatic carbocycles. The summed E-state index contributed by atoms with van der Waals surface area (Å²) in [6.07, 6.45) is 0. The molecular weight excluding hydrogens is 408 g/mol. The van der Waals surface area contributed by atoms with Gasteiger partial charge in [0, 0.05) is 29.0 Å². The lowest BCUT2D eigenvalue weighted by Gasteiger charge is -2.18. The maximum absolute atomic E-state index is 12.7. The molecule has 0 atom stereocenters. The van der Waals surface area contributed by atoms with E-state index in [0.29, 0.717) is 27.5 Å². The van der Waals surface area contributed by atoms with Gasteiger partial charge in [-0.1, -0.05) is 29.3 Å². The van der Waals surface area contributed by atoms with Gasteiger partial charge in [-0.15, -0.1) is 0 Å². The van der Waals surface area contributed by atoms with E-state index < -0.39 is 10.0 Å². The lowest BCUT2D eigenvalue weighted by molar-refractivity contribution is 0.0993. The highest BCUT2D eigenvalue weighted by Crippen LogP contribution is 2.23. The van der Waals surface area contributed by atoms with Crippen molar-refractivity contribution in [2.24, 2.45) is 0 Å². The van der Waals surface area contributed by atoms with Gasteiger partial charge >= 0.3 is 0 Å². The molecule has 0 radical (unpaired) electrons. The highest BCUT2D eigenvalue weighted by molar-refractivity contribution is 7.92. The van der Waals surface area contributed by atoms with Crippen molar-refractivity contribution in [3.05, 3.63) is 88.4 Å². The molecular formula is C22H21ClN2O3S. The summed E-state index contributed by atoms with van der Waals surface area (Å²) in [5.41, 5.74) is 3.25. The zero-order chi connectivity index (χ0) is 21.2. The molecule has 0 aliphatic heterocycles. The monoisotopic (exact) mass is 428 g/mol. The molecule has 0 bridgehead atoms. The van der Waals surface area contributed by atoms with Gasteiger partial charge in [-0.3, -0.25) is 9.52 Å². The van der Waals surface area contributed by atoms with Gasteiger partial charge in [-0.2, -0.15) is 0 Å². The predicted octanol–water partition coefficient (Wildman–Crippen LogP) is 5.03. The maximum atomic E-state index is 12.7. The highest BCUT2D eigenvalue weighted by atomic mass is 35.5. The number of nitrogens with one attached hydrogen (secondary N) is 1. The van der Waals surface area contributed by atoms with Crippen LogP contribution in [-0.4, -0.2) is 21.4 Å². The van der Waals surface area contributed by atoms with Crippen LogP contribution < -0.4 is 9.62 Å². The Morgan fingerprint density at radius 1 is 0.931 bits per heavy atom. The summed E-state index contributed by atoms with van der Waals surface area (Å²) < 4.78 is 28.0. The van der Waals surface area contributed by atoms with Crippen LogP contribution in [0.1, 0.15) is 21.5 Å². The van der Waals surface area contributed by atoms with Gasteiger partial charge in [-0.25, -0.2) is 8.42 Å². The summed E-state index contributed by atoms with van der Waals surface area (Å²) >= 11 is 5.86. The Morgan fingerprint density at radius 2 is 1.55 bits per heavy atom. The minimum absolute atomic E-state index is 0.190. The number of nitrogens with zero attached hydrogens (tertiary/aromatic N) is 1. The van der Waals surface area contributed by atoms with Crippen molar-refractivity contribution in [1.82, 2.24) is 0 Å². The van der Waals surface area contributed by atoms with Crippen molar-refractivity contribution in [1.29, 1.82) is 0 Å². The van der Waals surface area contributed by atoms with Crippen molar-refractivity contribution in [3.8, 4) is 0 Å². The molecule has 0 saturated carbocycles. The first-order valence-corrected chi connectivity index (χ1v) is 10.8. The van der Waals surface area contributed by atoms with E-state index in [1.54, 1.807) is 74.6 Å². The number of benzene rings is 3. The quantitative estimate of drug-likeness (QED) is 0.619. The molecule has 0 aromatic heterocycles. The molecule has 1 N–H and O–H groups in total. The normalized spacial score (nSPS) is 11.2. The number of aryl methyl sites for hydroxylation is 2. The Kier molecular flexibility index (Phi) is 5.96. The van der Waals surface area contributed by atoms with Gasteiger partial charge in [-0.05, 0) is 74.0 Å². The first-order chi connectivity index (χ1) is 13.7. The van der Waals surface area contributed by atoms with Gasteiger partial charge < -0.3 is 4.90 Å². The van der Waals surface area contributed by atoms with Gasteiger partial charge in [0.05, 0.1) is 4.90 Å². The van der Waals surface area contributed by atoms with Crippen molar-refractivity contribution >= 4 is 38.9 Å². The molecule has 150 valence electrons. The summed E-state index contributed by atoms with van der Waals surface area (Å²) in [5, 5.41) is 0.560. The fourth-order valence-electron chi connectivity index (χ4n) is 2.97. The van der Waals surface area contributed by atoms with E-state index in [1.807, 2.05) is 13.0 Å². The topological polar surface area (TPSA) is 66.5 Å². The molecule has 0 spiro atoms. The fourth-order valence-corrected chi connectivity index (χ4v) is 4.38. The van der Waals surface area contributed by atoms with Crippen LogP contribution in [0.25, 0.3) is 0 Å². The largest absolute Gasteiger partial charge is 0.311 e. The second-order valence-electron chi connectivity index (χ2n) is 6.79. The summed E-state index contributed by atoms with van der Waals surface area (Å²) in [6.45, 7) is 3.68. The molecule has 0 heterocycles. The minimum Gasteiger partial charge on any atom is -0.311 e. The van der Waals surface area contributed by atoms with Crippen LogP contribution in [0.4, 0.5) is 11.4 Å². The third-order valence-electron chi connectivity index (χ3n) is 4.52. The third kappa shape index (κ3) is 4.78. The molecule has 5 nitrogen and oxygen atoms in total. The van der Waals surface area contributed by atoms with Gasteiger partial charge in [0.25, 0.3) is 15.9 Å². The SMILES string of the molecule is Cc1ccc(S(=O)(=O)Nc2ccc(N(C)C(=O)c3ccc(Cl)cc3)cc2)c(C)c1. The molecule has 3 aromatic rings. The van der Waals surface area contributed by atoms with Crippen LogP contribution in [-0.2, 0) is 10.0 Å². The van der Waals surface area contributed by atoms with Crippen molar-refractivity contribution in [2.75, 3.05) is 16.7 Å². The third-order valence-corrected chi connectivity index (χ3v) is 6.32.